The van der Waals surface area contributed by atoms with Crippen molar-refractivity contribution in [2.45, 2.75) is 52.6 Å². The molecule has 3 heteroatoms. The molecule has 0 atom stereocenters. The Bertz CT molecular complexity index is 425. The van der Waals surface area contributed by atoms with Gasteiger partial charge in [0, 0.05) is 0 Å². The molecule has 22 heavy (non-hydrogen) atoms. The number of hydrogen-bond acceptors (Lipinski definition) is 2. The molecule has 0 aromatic heterocycles. The molecule has 0 aliphatic carbocycles. The predicted octanol–water partition coefficient (Wildman–Crippen LogP) is 2.95. The molecule has 0 unspecified atom stereocenters. The average molecular weight is 306 g/mol. The van der Waals surface area contributed by atoms with E-state index in [1.807, 2.05) is 38.1 Å². The maximum atomic E-state index is 5.91. The van der Waals surface area contributed by atoms with Crippen LogP contribution in [-0.4, -0.2) is 32.3 Å². The number of ether oxygens (including phenoxy) is 2. The van der Waals surface area contributed by atoms with Gasteiger partial charge in [0.1, 0.15) is 0 Å². The van der Waals surface area contributed by atoms with Gasteiger partial charge in [0.25, 0.3) is 0 Å². The predicted molar refractivity (Wildman–Crippen MR) is 90.9 cm³/mol. The third kappa shape index (κ3) is 5.88. The third-order valence-electron chi connectivity index (χ3n) is 4.38. The van der Waals surface area contributed by atoms with Crippen molar-refractivity contribution in [3.63, 3.8) is 0 Å². The molecule has 0 bridgehead atoms. The van der Waals surface area contributed by atoms with Crippen molar-refractivity contribution in [2.24, 2.45) is 5.92 Å². The lowest BCUT2D eigenvalue weighted by atomic mass is 9.99. The number of unbranched alkanes of at least 4 members (excludes halogenated alkanes) is 1. The Morgan fingerprint density at radius 2 is 1.77 bits per heavy atom. The second-order valence-electron chi connectivity index (χ2n) is 6.85. The van der Waals surface area contributed by atoms with Crippen molar-refractivity contribution in [1.29, 1.82) is 0 Å². The Hall–Kier alpha value is -1.22. The van der Waals surface area contributed by atoms with E-state index in [-0.39, 0.29) is 6.10 Å². The van der Waals surface area contributed by atoms with Gasteiger partial charge in [0.15, 0.2) is 11.5 Å². The van der Waals surface area contributed by atoms with E-state index in [4.69, 9.17) is 9.47 Å². The minimum atomic E-state index is 0.176. The standard InChI is InChI=1S/C19H31NO2/c1-16(2)22-19-9-5-4-8-18(19)21-15-7-6-12-20-13-10-17(3)11-14-20/h4-5,8-9,16-17H,6-7,10-15H2,1-3H3/p+1. The largest absolute Gasteiger partial charge is 0.490 e. The topological polar surface area (TPSA) is 22.9 Å². The lowest BCUT2D eigenvalue weighted by Crippen LogP contribution is -3.13. The van der Waals surface area contributed by atoms with E-state index in [0.717, 1.165) is 30.4 Å². The highest BCUT2D eigenvalue weighted by molar-refractivity contribution is 5.39. The number of nitrogens with one attached hydrogen (secondary N) is 1. The molecule has 1 aromatic rings. The van der Waals surface area contributed by atoms with Gasteiger partial charge in [-0.15, -0.1) is 0 Å². The molecule has 1 saturated heterocycles. The number of para-hydroxylation sites is 2. The SMILES string of the molecule is CC1CC[NH+](CCCCOc2ccccc2OC(C)C)CC1. The zero-order valence-corrected chi connectivity index (χ0v) is 14.4. The van der Waals surface area contributed by atoms with Gasteiger partial charge in [-0.3, -0.25) is 0 Å². The summed E-state index contributed by atoms with van der Waals surface area (Å²) in [7, 11) is 0. The summed E-state index contributed by atoms with van der Waals surface area (Å²) in [6, 6.07) is 7.97. The molecule has 1 N–H and O–H groups in total. The minimum absolute atomic E-state index is 0.176. The summed E-state index contributed by atoms with van der Waals surface area (Å²) in [6.45, 7) is 11.2. The van der Waals surface area contributed by atoms with Crippen LogP contribution in [-0.2, 0) is 0 Å². The summed E-state index contributed by atoms with van der Waals surface area (Å²) in [6.07, 6.45) is 5.33. The Labute approximate surface area is 135 Å². The highest BCUT2D eigenvalue weighted by atomic mass is 16.5. The first-order chi connectivity index (χ1) is 10.6. The van der Waals surface area contributed by atoms with E-state index in [1.165, 1.54) is 38.9 Å². The normalized spacial score (nSPS) is 21.8. The second-order valence-corrected chi connectivity index (χ2v) is 6.85. The van der Waals surface area contributed by atoms with Crippen LogP contribution in [0.1, 0.15) is 46.5 Å². The van der Waals surface area contributed by atoms with Crippen molar-refractivity contribution in [2.75, 3.05) is 26.2 Å². The number of rotatable bonds is 8. The van der Waals surface area contributed by atoms with Crippen molar-refractivity contribution in [3.05, 3.63) is 24.3 Å². The number of piperidine rings is 1. The highest BCUT2D eigenvalue weighted by Gasteiger charge is 2.17. The summed E-state index contributed by atoms with van der Waals surface area (Å²) in [5, 5.41) is 0. The summed E-state index contributed by atoms with van der Waals surface area (Å²) < 4.78 is 11.7. The van der Waals surface area contributed by atoms with Gasteiger partial charge >= 0.3 is 0 Å². The molecule has 1 aliphatic rings. The third-order valence-corrected chi connectivity index (χ3v) is 4.38. The zero-order valence-electron chi connectivity index (χ0n) is 14.4. The van der Waals surface area contributed by atoms with Crippen LogP contribution in [0.15, 0.2) is 24.3 Å². The van der Waals surface area contributed by atoms with Gasteiger partial charge in [-0.25, -0.2) is 0 Å². The number of benzene rings is 1. The first-order valence-electron chi connectivity index (χ1n) is 8.87. The Morgan fingerprint density at radius 3 is 2.45 bits per heavy atom. The van der Waals surface area contributed by atoms with Crippen molar-refractivity contribution in [1.82, 2.24) is 0 Å². The van der Waals surface area contributed by atoms with Gasteiger partial charge in [-0.2, -0.15) is 0 Å². The molecule has 1 aromatic carbocycles. The van der Waals surface area contributed by atoms with Crippen LogP contribution in [0.2, 0.25) is 0 Å². The molecule has 3 nitrogen and oxygen atoms in total. The summed E-state index contributed by atoms with van der Waals surface area (Å²) >= 11 is 0. The van der Waals surface area contributed by atoms with Crippen LogP contribution in [0.5, 0.6) is 11.5 Å². The van der Waals surface area contributed by atoms with Crippen LogP contribution in [0.25, 0.3) is 0 Å². The fraction of sp³-hybridized carbons (Fsp3) is 0.684. The molecule has 1 heterocycles. The van der Waals surface area contributed by atoms with Crippen LogP contribution in [0, 0.1) is 5.92 Å². The van der Waals surface area contributed by atoms with Gasteiger partial charge in [0.05, 0.1) is 32.3 Å². The number of hydrogen-bond donors (Lipinski definition) is 1. The first kappa shape index (κ1) is 17.1. The molecular formula is C19H32NO2+. The van der Waals surface area contributed by atoms with Gasteiger partial charge < -0.3 is 14.4 Å². The molecule has 0 radical (unpaired) electrons. The molecule has 1 fully saturated rings. The van der Waals surface area contributed by atoms with Crippen LogP contribution < -0.4 is 14.4 Å². The maximum Gasteiger partial charge on any atom is 0.161 e. The van der Waals surface area contributed by atoms with E-state index < -0.39 is 0 Å². The monoisotopic (exact) mass is 306 g/mol. The van der Waals surface area contributed by atoms with E-state index >= 15 is 0 Å². The number of quaternary nitrogens is 1. The Balaban J connectivity index is 1.64. The van der Waals surface area contributed by atoms with Crippen molar-refractivity contribution in [3.8, 4) is 11.5 Å². The quantitative estimate of drug-likeness (QED) is 0.746. The van der Waals surface area contributed by atoms with E-state index in [9.17, 15) is 0 Å². The molecular weight excluding hydrogens is 274 g/mol. The second kappa shape index (κ2) is 9.04. The van der Waals surface area contributed by atoms with E-state index in [2.05, 4.69) is 6.92 Å². The zero-order chi connectivity index (χ0) is 15.8. The summed E-state index contributed by atoms with van der Waals surface area (Å²) in [4.78, 5) is 1.78. The van der Waals surface area contributed by atoms with Gasteiger partial charge in [-0.1, -0.05) is 19.1 Å². The lowest BCUT2D eigenvalue weighted by Gasteiger charge is -2.27. The molecule has 124 valence electrons. The van der Waals surface area contributed by atoms with E-state index in [1.54, 1.807) is 4.90 Å². The maximum absolute atomic E-state index is 5.91. The molecule has 0 saturated carbocycles. The molecule has 0 spiro atoms. The lowest BCUT2D eigenvalue weighted by molar-refractivity contribution is -0.906. The van der Waals surface area contributed by atoms with Crippen LogP contribution in [0.3, 0.4) is 0 Å². The minimum Gasteiger partial charge on any atom is -0.490 e. The fourth-order valence-electron chi connectivity index (χ4n) is 3.00. The molecule has 0 amide bonds. The summed E-state index contributed by atoms with van der Waals surface area (Å²) in [5.41, 5.74) is 0. The van der Waals surface area contributed by atoms with Crippen molar-refractivity contribution >= 4 is 0 Å². The first-order valence-corrected chi connectivity index (χ1v) is 8.87. The molecule has 1 aliphatic heterocycles. The molecule has 2 rings (SSSR count). The van der Waals surface area contributed by atoms with E-state index in [0.29, 0.717) is 0 Å². The Kier molecular flexibility index (Phi) is 7.04. The van der Waals surface area contributed by atoms with Gasteiger partial charge in [0.2, 0.25) is 0 Å². The Morgan fingerprint density at radius 1 is 1.09 bits per heavy atom. The smallest absolute Gasteiger partial charge is 0.161 e. The highest BCUT2D eigenvalue weighted by Crippen LogP contribution is 2.27. The number of likely N-dealkylation sites (tertiary alicyclic amines) is 1. The van der Waals surface area contributed by atoms with Gasteiger partial charge in [-0.05, 0) is 57.6 Å². The van der Waals surface area contributed by atoms with Crippen LogP contribution >= 0.6 is 0 Å². The van der Waals surface area contributed by atoms with Crippen molar-refractivity contribution < 1.29 is 14.4 Å². The fourth-order valence-corrected chi connectivity index (χ4v) is 3.00. The average Bonchev–Trinajstić information content (AvgIpc) is 2.50. The summed E-state index contributed by atoms with van der Waals surface area (Å²) in [5.74, 6) is 2.66. The van der Waals surface area contributed by atoms with Crippen LogP contribution in [0.4, 0.5) is 0 Å².